The van der Waals surface area contributed by atoms with Crippen molar-refractivity contribution in [2.24, 2.45) is 0 Å². The average molecular weight is 254 g/mol. The zero-order valence-electron chi connectivity index (χ0n) is 10.0. The highest BCUT2D eigenvalue weighted by Crippen LogP contribution is 2.26. The molecule has 1 aromatic heterocycles. The standard InChI is InChI=1S/C11H18N4OS/c1-13-11-14-9(12)8(17-11)10(16)15-6-4-2-3-5-7-15/h2-7,12H2,1H3,(H,13,14). The lowest BCUT2D eigenvalue weighted by molar-refractivity contribution is 0.0767. The van der Waals surface area contributed by atoms with Gasteiger partial charge in [-0.25, -0.2) is 4.98 Å². The van der Waals surface area contributed by atoms with E-state index < -0.39 is 0 Å². The van der Waals surface area contributed by atoms with Crippen molar-refractivity contribution in [2.75, 3.05) is 31.2 Å². The van der Waals surface area contributed by atoms with Crippen LogP contribution in [0.25, 0.3) is 0 Å². The molecule has 0 radical (unpaired) electrons. The molecule has 94 valence electrons. The number of carbonyl (C=O) groups is 1. The molecule has 0 aromatic carbocycles. The van der Waals surface area contributed by atoms with Gasteiger partial charge in [-0.1, -0.05) is 24.2 Å². The number of rotatable bonds is 2. The third-order valence-electron chi connectivity index (χ3n) is 2.95. The Balaban J connectivity index is 2.14. The largest absolute Gasteiger partial charge is 0.382 e. The molecule has 1 fully saturated rings. The monoisotopic (exact) mass is 254 g/mol. The molecule has 3 N–H and O–H groups in total. The molecular formula is C11H18N4OS. The number of likely N-dealkylation sites (tertiary alicyclic amines) is 1. The quantitative estimate of drug-likeness (QED) is 0.844. The summed E-state index contributed by atoms with van der Waals surface area (Å²) in [5, 5.41) is 3.61. The SMILES string of the molecule is CNc1nc(N)c(C(=O)N2CCCCCC2)s1. The molecule has 2 rings (SSSR count). The first-order chi connectivity index (χ1) is 8.22. The maximum Gasteiger partial charge on any atom is 0.267 e. The second kappa shape index (κ2) is 5.35. The van der Waals surface area contributed by atoms with Gasteiger partial charge in [-0.3, -0.25) is 4.79 Å². The van der Waals surface area contributed by atoms with E-state index in [9.17, 15) is 4.79 Å². The Morgan fingerprint density at radius 3 is 2.53 bits per heavy atom. The molecule has 0 unspecified atom stereocenters. The predicted octanol–water partition coefficient (Wildman–Crippen LogP) is 1.78. The summed E-state index contributed by atoms with van der Waals surface area (Å²) in [6, 6.07) is 0. The van der Waals surface area contributed by atoms with Gasteiger partial charge in [-0.2, -0.15) is 0 Å². The van der Waals surface area contributed by atoms with E-state index in [0.717, 1.165) is 25.9 Å². The maximum atomic E-state index is 12.3. The van der Waals surface area contributed by atoms with Gasteiger partial charge in [-0.15, -0.1) is 0 Å². The summed E-state index contributed by atoms with van der Waals surface area (Å²) in [6.45, 7) is 1.68. The van der Waals surface area contributed by atoms with Crippen LogP contribution in [0.4, 0.5) is 10.9 Å². The van der Waals surface area contributed by atoms with E-state index in [1.807, 2.05) is 4.90 Å². The first-order valence-electron chi connectivity index (χ1n) is 5.95. The molecule has 1 aromatic rings. The summed E-state index contributed by atoms with van der Waals surface area (Å²) in [6.07, 6.45) is 4.60. The van der Waals surface area contributed by atoms with Gasteiger partial charge in [0, 0.05) is 20.1 Å². The second-order valence-electron chi connectivity index (χ2n) is 4.19. The van der Waals surface area contributed by atoms with Crippen LogP contribution in [0.3, 0.4) is 0 Å². The lowest BCUT2D eigenvalue weighted by atomic mass is 10.2. The Labute approximate surface area is 105 Å². The zero-order valence-corrected chi connectivity index (χ0v) is 10.8. The summed E-state index contributed by atoms with van der Waals surface area (Å²) in [4.78, 5) is 18.9. The minimum absolute atomic E-state index is 0.0309. The van der Waals surface area contributed by atoms with Crippen LogP contribution in [-0.4, -0.2) is 35.9 Å². The van der Waals surface area contributed by atoms with Gasteiger partial charge in [0.1, 0.15) is 10.7 Å². The number of carbonyl (C=O) groups excluding carboxylic acids is 1. The fourth-order valence-electron chi connectivity index (χ4n) is 2.01. The van der Waals surface area contributed by atoms with Crippen molar-refractivity contribution < 1.29 is 4.79 Å². The number of nitrogens with zero attached hydrogens (tertiary/aromatic N) is 2. The number of thiazole rings is 1. The van der Waals surface area contributed by atoms with Crippen LogP contribution in [0.15, 0.2) is 0 Å². The summed E-state index contributed by atoms with van der Waals surface area (Å²) in [7, 11) is 1.78. The summed E-state index contributed by atoms with van der Waals surface area (Å²) < 4.78 is 0. The van der Waals surface area contributed by atoms with Crippen molar-refractivity contribution in [3.63, 3.8) is 0 Å². The van der Waals surface area contributed by atoms with Gasteiger partial charge < -0.3 is 16.0 Å². The number of hydrogen-bond donors (Lipinski definition) is 2. The van der Waals surface area contributed by atoms with Crippen molar-refractivity contribution in [3.8, 4) is 0 Å². The van der Waals surface area contributed by atoms with Crippen LogP contribution in [0.2, 0.25) is 0 Å². The summed E-state index contributed by atoms with van der Waals surface area (Å²) in [5.41, 5.74) is 5.78. The van der Waals surface area contributed by atoms with Gasteiger partial charge in [-0.05, 0) is 12.8 Å². The van der Waals surface area contributed by atoms with E-state index in [1.165, 1.54) is 24.2 Å². The van der Waals surface area contributed by atoms with Crippen molar-refractivity contribution in [3.05, 3.63) is 4.88 Å². The normalized spacial score (nSPS) is 16.6. The first kappa shape index (κ1) is 12.2. The van der Waals surface area contributed by atoms with E-state index in [-0.39, 0.29) is 5.91 Å². The third-order valence-corrected chi connectivity index (χ3v) is 4.03. The Bertz CT molecular complexity index is 396. The van der Waals surface area contributed by atoms with Crippen LogP contribution < -0.4 is 11.1 Å². The van der Waals surface area contributed by atoms with Gasteiger partial charge in [0.05, 0.1) is 0 Å². The van der Waals surface area contributed by atoms with E-state index >= 15 is 0 Å². The van der Waals surface area contributed by atoms with Crippen molar-refractivity contribution in [2.45, 2.75) is 25.7 Å². The van der Waals surface area contributed by atoms with Gasteiger partial charge in [0.2, 0.25) is 0 Å². The number of nitrogen functional groups attached to an aromatic ring is 1. The summed E-state index contributed by atoms with van der Waals surface area (Å²) in [5.74, 6) is 0.372. The molecule has 0 saturated carbocycles. The van der Waals surface area contributed by atoms with Crippen LogP contribution in [0.1, 0.15) is 35.4 Å². The number of anilines is 2. The number of hydrogen-bond acceptors (Lipinski definition) is 5. The fraction of sp³-hybridized carbons (Fsp3) is 0.636. The number of amides is 1. The lowest BCUT2D eigenvalue weighted by Crippen LogP contribution is -2.31. The van der Waals surface area contributed by atoms with Crippen LogP contribution in [-0.2, 0) is 0 Å². The highest BCUT2D eigenvalue weighted by atomic mass is 32.1. The Kier molecular flexibility index (Phi) is 3.83. The molecule has 0 bridgehead atoms. The van der Waals surface area contributed by atoms with Crippen LogP contribution in [0, 0.1) is 0 Å². The predicted molar refractivity (Wildman–Crippen MR) is 70.4 cm³/mol. The minimum Gasteiger partial charge on any atom is -0.382 e. The number of aromatic nitrogens is 1. The van der Waals surface area contributed by atoms with Crippen molar-refractivity contribution in [1.82, 2.24) is 9.88 Å². The molecule has 0 aliphatic carbocycles. The topological polar surface area (TPSA) is 71.2 Å². The van der Waals surface area contributed by atoms with Gasteiger partial charge in [0.15, 0.2) is 5.13 Å². The van der Waals surface area contributed by atoms with Crippen LogP contribution >= 0.6 is 11.3 Å². The summed E-state index contributed by atoms with van der Waals surface area (Å²) >= 11 is 1.33. The Morgan fingerprint density at radius 2 is 2.00 bits per heavy atom. The van der Waals surface area contributed by atoms with Gasteiger partial charge in [0.25, 0.3) is 5.91 Å². The molecule has 17 heavy (non-hydrogen) atoms. The number of nitrogens with two attached hydrogens (primary N) is 1. The van der Waals surface area contributed by atoms with E-state index in [4.69, 9.17) is 5.73 Å². The van der Waals surface area contributed by atoms with Gasteiger partial charge >= 0.3 is 0 Å². The Morgan fingerprint density at radius 1 is 1.35 bits per heavy atom. The van der Waals surface area contributed by atoms with E-state index in [0.29, 0.717) is 15.8 Å². The second-order valence-corrected chi connectivity index (χ2v) is 5.19. The maximum absolute atomic E-state index is 12.3. The molecule has 0 spiro atoms. The molecule has 1 saturated heterocycles. The first-order valence-corrected chi connectivity index (χ1v) is 6.77. The number of nitrogens with one attached hydrogen (secondary N) is 1. The molecule has 1 aliphatic heterocycles. The smallest absolute Gasteiger partial charge is 0.267 e. The molecule has 5 nitrogen and oxygen atoms in total. The lowest BCUT2D eigenvalue weighted by Gasteiger charge is -2.19. The molecule has 1 amide bonds. The average Bonchev–Trinajstić information content (AvgIpc) is 2.56. The molecule has 0 atom stereocenters. The molecule has 2 heterocycles. The molecule has 1 aliphatic rings. The van der Waals surface area contributed by atoms with Crippen molar-refractivity contribution in [1.29, 1.82) is 0 Å². The zero-order chi connectivity index (χ0) is 12.3. The van der Waals surface area contributed by atoms with Crippen LogP contribution in [0.5, 0.6) is 0 Å². The molecule has 6 heteroatoms. The third kappa shape index (κ3) is 2.69. The fourth-order valence-corrected chi connectivity index (χ4v) is 2.82. The van der Waals surface area contributed by atoms with E-state index in [1.54, 1.807) is 7.05 Å². The highest BCUT2D eigenvalue weighted by molar-refractivity contribution is 7.18. The molecular weight excluding hydrogens is 236 g/mol. The minimum atomic E-state index is 0.0309. The highest BCUT2D eigenvalue weighted by Gasteiger charge is 2.22. The van der Waals surface area contributed by atoms with Crippen molar-refractivity contribution >= 4 is 28.2 Å². The Hall–Kier alpha value is -1.30. The van der Waals surface area contributed by atoms with E-state index in [2.05, 4.69) is 10.3 Å².